The number of aromatic nitrogens is 1. The van der Waals surface area contributed by atoms with Crippen LogP contribution in [0.2, 0.25) is 0 Å². The molecule has 4 nitrogen and oxygen atoms in total. The van der Waals surface area contributed by atoms with Crippen molar-refractivity contribution in [1.29, 1.82) is 0 Å². The summed E-state index contributed by atoms with van der Waals surface area (Å²) in [6, 6.07) is 6.30. The van der Waals surface area contributed by atoms with Crippen molar-refractivity contribution in [2.24, 2.45) is 5.92 Å². The third-order valence-corrected chi connectivity index (χ3v) is 3.71. The lowest BCUT2D eigenvalue weighted by Crippen LogP contribution is -2.27. The van der Waals surface area contributed by atoms with Crippen molar-refractivity contribution in [3.05, 3.63) is 29.6 Å². The van der Waals surface area contributed by atoms with Crippen molar-refractivity contribution < 1.29 is 0 Å². The van der Waals surface area contributed by atoms with Crippen LogP contribution in [-0.2, 0) is 13.1 Å². The van der Waals surface area contributed by atoms with Crippen LogP contribution >= 0.6 is 0 Å². The number of nitrogens with one attached hydrogen (secondary N) is 1. The first-order valence-electron chi connectivity index (χ1n) is 7.14. The zero-order valence-corrected chi connectivity index (χ0v) is 12.4. The molecule has 2 rings (SSSR count). The zero-order valence-electron chi connectivity index (χ0n) is 12.4. The molecule has 1 unspecified atom stereocenters. The molecule has 106 valence electrons. The highest BCUT2D eigenvalue weighted by Crippen LogP contribution is 2.16. The van der Waals surface area contributed by atoms with Crippen LogP contribution < -0.4 is 5.32 Å². The van der Waals surface area contributed by atoms with Crippen molar-refractivity contribution in [3.8, 4) is 0 Å². The molecule has 4 heteroatoms. The van der Waals surface area contributed by atoms with Crippen LogP contribution in [-0.4, -0.2) is 55.6 Å². The van der Waals surface area contributed by atoms with Crippen LogP contribution in [0.1, 0.15) is 17.8 Å². The average Bonchev–Trinajstić information content (AvgIpc) is 2.75. The third kappa shape index (κ3) is 4.56. The van der Waals surface area contributed by atoms with E-state index in [0.717, 1.165) is 24.7 Å². The van der Waals surface area contributed by atoms with E-state index in [1.807, 2.05) is 7.05 Å². The molecule has 0 spiro atoms. The molecule has 0 saturated carbocycles. The minimum absolute atomic E-state index is 0.815. The largest absolute Gasteiger partial charge is 0.314 e. The fraction of sp³-hybridized carbons (Fsp3) is 0.667. The highest BCUT2D eigenvalue weighted by Gasteiger charge is 2.20. The molecular formula is C15H26N4. The van der Waals surface area contributed by atoms with Gasteiger partial charge in [-0.05, 0) is 52.2 Å². The summed E-state index contributed by atoms with van der Waals surface area (Å²) in [6.45, 7) is 5.43. The molecule has 1 fully saturated rings. The van der Waals surface area contributed by atoms with Gasteiger partial charge in [-0.3, -0.25) is 4.98 Å². The van der Waals surface area contributed by atoms with Gasteiger partial charge in [0.2, 0.25) is 0 Å². The predicted octanol–water partition coefficient (Wildman–Crippen LogP) is 1.18. The maximum absolute atomic E-state index is 4.68. The molecule has 1 saturated heterocycles. The summed E-state index contributed by atoms with van der Waals surface area (Å²) >= 11 is 0. The van der Waals surface area contributed by atoms with Crippen molar-refractivity contribution in [3.63, 3.8) is 0 Å². The second-order valence-corrected chi connectivity index (χ2v) is 5.76. The first kappa shape index (κ1) is 14.4. The van der Waals surface area contributed by atoms with E-state index in [-0.39, 0.29) is 0 Å². The summed E-state index contributed by atoms with van der Waals surface area (Å²) < 4.78 is 0. The van der Waals surface area contributed by atoms with Crippen molar-refractivity contribution in [2.75, 3.05) is 40.8 Å². The van der Waals surface area contributed by atoms with Crippen LogP contribution in [0.3, 0.4) is 0 Å². The van der Waals surface area contributed by atoms with E-state index < -0.39 is 0 Å². The van der Waals surface area contributed by atoms with Gasteiger partial charge in [0.1, 0.15) is 0 Å². The van der Waals surface area contributed by atoms with Gasteiger partial charge in [-0.2, -0.15) is 0 Å². The van der Waals surface area contributed by atoms with Crippen LogP contribution in [0.25, 0.3) is 0 Å². The molecule has 1 aliphatic rings. The molecule has 0 bridgehead atoms. The molecular weight excluding hydrogens is 236 g/mol. The highest BCUT2D eigenvalue weighted by atomic mass is 15.2. The molecule has 0 aromatic carbocycles. The van der Waals surface area contributed by atoms with Gasteiger partial charge in [-0.15, -0.1) is 0 Å². The Bertz CT molecular complexity index is 393. The molecule has 0 radical (unpaired) electrons. The van der Waals surface area contributed by atoms with Gasteiger partial charge in [0.25, 0.3) is 0 Å². The Morgan fingerprint density at radius 1 is 1.42 bits per heavy atom. The Morgan fingerprint density at radius 2 is 2.21 bits per heavy atom. The quantitative estimate of drug-likeness (QED) is 0.834. The number of hydrogen-bond acceptors (Lipinski definition) is 4. The van der Waals surface area contributed by atoms with Crippen molar-refractivity contribution in [1.82, 2.24) is 20.1 Å². The first-order valence-corrected chi connectivity index (χ1v) is 7.14. The Balaban J connectivity index is 1.84. The Morgan fingerprint density at radius 3 is 2.89 bits per heavy atom. The van der Waals surface area contributed by atoms with Gasteiger partial charge in [-0.1, -0.05) is 6.07 Å². The smallest absolute Gasteiger partial charge is 0.0547 e. The Kier molecular flexibility index (Phi) is 5.31. The van der Waals surface area contributed by atoms with Crippen LogP contribution in [0.4, 0.5) is 0 Å². The second-order valence-electron chi connectivity index (χ2n) is 5.76. The molecule has 1 aromatic rings. The second kappa shape index (κ2) is 6.98. The van der Waals surface area contributed by atoms with Gasteiger partial charge >= 0.3 is 0 Å². The standard InChI is InChI=1S/C15H26N4/c1-16-9-14-5-4-6-15(17-14)12-19(3)11-13-7-8-18(2)10-13/h4-6,13,16H,7-12H2,1-3H3. The molecule has 2 heterocycles. The van der Waals surface area contributed by atoms with E-state index in [2.05, 4.69) is 52.4 Å². The van der Waals surface area contributed by atoms with E-state index in [1.165, 1.54) is 31.7 Å². The van der Waals surface area contributed by atoms with E-state index >= 15 is 0 Å². The lowest BCUT2D eigenvalue weighted by molar-refractivity contribution is 0.264. The fourth-order valence-electron chi connectivity index (χ4n) is 2.85. The molecule has 0 aliphatic carbocycles. The summed E-state index contributed by atoms with van der Waals surface area (Å²) in [5.41, 5.74) is 2.29. The Labute approximate surface area is 116 Å². The fourth-order valence-corrected chi connectivity index (χ4v) is 2.85. The number of rotatable bonds is 6. The van der Waals surface area contributed by atoms with Crippen molar-refractivity contribution in [2.45, 2.75) is 19.5 Å². The lowest BCUT2D eigenvalue weighted by Gasteiger charge is -2.20. The molecule has 1 atom stereocenters. The lowest BCUT2D eigenvalue weighted by atomic mass is 10.1. The summed E-state index contributed by atoms with van der Waals surface area (Å²) in [5, 5.41) is 3.15. The summed E-state index contributed by atoms with van der Waals surface area (Å²) in [4.78, 5) is 9.50. The van der Waals surface area contributed by atoms with Crippen LogP contribution in [0.15, 0.2) is 18.2 Å². The third-order valence-electron chi connectivity index (χ3n) is 3.71. The first-order chi connectivity index (χ1) is 9.17. The minimum Gasteiger partial charge on any atom is -0.314 e. The number of hydrogen-bond donors (Lipinski definition) is 1. The maximum Gasteiger partial charge on any atom is 0.0547 e. The highest BCUT2D eigenvalue weighted by molar-refractivity contribution is 5.11. The zero-order chi connectivity index (χ0) is 13.7. The van der Waals surface area contributed by atoms with Crippen LogP contribution in [0.5, 0.6) is 0 Å². The molecule has 0 amide bonds. The SMILES string of the molecule is CNCc1cccc(CN(C)CC2CCN(C)C2)n1. The monoisotopic (exact) mass is 262 g/mol. The Hall–Kier alpha value is -0.970. The number of pyridine rings is 1. The summed E-state index contributed by atoms with van der Waals surface area (Å²) in [7, 11) is 6.37. The average molecular weight is 262 g/mol. The summed E-state index contributed by atoms with van der Waals surface area (Å²) in [6.07, 6.45) is 1.33. The number of nitrogens with zero attached hydrogens (tertiary/aromatic N) is 3. The molecule has 1 aromatic heterocycles. The minimum atomic E-state index is 0.815. The van der Waals surface area contributed by atoms with Gasteiger partial charge in [0, 0.05) is 26.2 Å². The molecule has 1 aliphatic heterocycles. The van der Waals surface area contributed by atoms with E-state index in [4.69, 9.17) is 0 Å². The molecule has 19 heavy (non-hydrogen) atoms. The maximum atomic E-state index is 4.68. The van der Waals surface area contributed by atoms with Gasteiger partial charge in [0.05, 0.1) is 11.4 Å². The van der Waals surface area contributed by atoms with E-state index in [1.54, 1.807) is 0 Å². The van der Waals surface area contributed by atoms with E-state index in [0.29, 0.717) is 0 Å². The predicted molar refractivity (Wildman–Crippen MR) is 78.9 cm³/mol. The number of likely N-dealkylation sites (tertiary alicyclic amines) is 1. The van der Waals surface area contributed by atoms with Gasteiger partial charge in [-0.25, -0.2) is 0 Å². The van der Waals surface area contributed by atoms with Crippen LogP contribution in [0, 0.1) is 5.92 Å². The van der Waals surface area contributed by atoms with Gasteiger partial charge in [0.15, 0.2) is 0 Å². The normalized spacial score (nSPS) is 20.3. The topological polar surface area (TPSA) is 31.4 Å². The van der Waals surface area contributed by atoms with E-state index in [9.17, 15) is 0 Å². The molecule has 1 N–H and O–H groups in total. The van der Waals surface area contributed by atoms with Crippen molar-refractivity contribution >= 4 is 0 Å². The summed E-state index contributed by atoms with van der Waals surface area (Å²) in [5.74, 6) is 0.815. The van der Waals surface area contributed by atoms with Gasteiger partial charge < -0.3 is 15.1 Å².